The molecule has 0 aliphatic carbocycles. The molecule has 0 spiro atoms. The molecule has 0 nitrogen and oxygen atoms in total. The molecular formula is Cl8RhTa. The summed E-state index contributed by atoms with van der Waals surface area (Å²) in [5.41, 5.74) is 0. The fourth-order valence-electron chi connectivity index (χ4n) is 0. The van der Waals surface area contributed by atoms with Gasteiger partial charge in [0, 0.05) is 0 Å². The molecule has 10 heteroatoms. The second-order valence-corrected chi connectivity index (χ2v) is 0. The molecule has 0 amide bonds. The molecule has 0 aliphatic rings. The minimum Gasteiger partial charge on any atom is -1.00 e. The van der Waals surface area contributed by atoms with Crippen LogP contribution in [0.5, 0.6) is 0 Å². The quantitative estimate of drug-likeness (QED) is 0.256. The van der Waals surface area contributed by atoms with Crippen molar-refractivity contribution in [1.82, 2.24) is 0 Å². The number of hydrogen-bond acceptors (Lipinski definition) is 0. The molecule has 0 aromatic heterocycles. The number of rotatable bonds is 0. The van der Waals surface area contributed by atoms with Crippen LogP contribution in [-0.4, -0.2) is 0 Å². The van der Waals surface area contributed by atoms with E-state index in [4.69, 9.17) is 0 Å². The Morgan fingerprint density at radius 2 is 0.300 bits per heavy atom. The zero-order valence-corrected chi connectivity index (χ0v) is 14.7. The Hall–Kier alpha value is 3.68. The molecule has 10 heavy (non-hydrogen) atoms. The molecule has 0 fully saturated rings. The normalized spacial score (nSPS) is 0. The van der Waals surface area contributed by atoms with E-state index in [1.54, 1.807) is 0 Å². The average molecular weight is 567 g/mol. The smallest absolute Gasteiger partial charge is 1.00 e. The molecule has 0 saturated carbocycles. The summed E-state index contributed by atoms with van der Waals surface area (Å²) in [6.45, 7) is 0. The van der Waals surface area contributed by atoms with Crippen LogP contribution in [0.15, 0.2) is 0 Å². The summed E-state index contributed by atoms with van der Waals surface area (Å²) < 4.78 is 0. The Kier molecular flexibility index (Phi) is 2070. The van der Waals surface area contributed by atoms with Crippen molar-refractivity contribution >= 4 is 0 Å². The molecule has 0 rings (SSSR count). The first-order chi connectivity index (χ1) is 0. The monoisotopic (exact) mass is 564 g/mol. The second-order valence-electron chi connectivity index (χ2n) is 0. The summed E-state index contributed by atoms with van der Waals surface area (Å²) in [5, 5.41) is 0. The van der Waals surface area contributed by atoms with Crippen molar-refractivity contribution in [3.05, 3.63) is 0 Å². The van der Waals surface area contributed by atoms with Crippen molar-refractivity contribution in [3.8, 4) is 0 Å². The van der Waals surface area contributed by atoms with Crippen LogP contribution in [0.4, 0.5) is 0 Å². The van der Waals surface area contributed by atoms with E-state index in [-0.39, 0.29) is 141 Å². The van der Waals surface area contributed by atoms with Gasteiger partial charge in [0.25, 0.3) is 0 Å². The van der Waals surface area contributed by atoms with Crippen LogP contribution < -0.4 is 99.3 Å². The Labute approximate surface area is 139 Å². The van der Waals surface area contributed by atoms with E-state index in [9.17, 15) is 0 Å². The van der Waals surface area contributed by atoms with Crippen molar-refractivity contribution in [2.24, 2.45) is 0 Å². The third kappa shape index (κ3) is 98.3. The molecule has 0 heterocycles. The van der Waals surface area contributed by atoms with Gasteiger partial charge in [0.15, 0.2) is 0 Å². The minimum atomic E-state index is 0. The van der Waals surface area contributed by atoms with Gasteiger partial charge < -0.3 is 99.3 Å². The van der Waals surface area contributed by atoms with E-state index in [1.165, 1.54) is 0 Å². The van der Waals surface area contributed by atoms with Gasteiger partial charge in [-0.2, -0.15) is 0 Å². The van der Waals surface area contributed by atoms with Crippen LogP contribution in [0.2, 0.25) is 0 Å². The fourth-order valence-corrected chi connectivity index (χ4v) is 0. The SMILES string of the molecule is [Cl-].[Cl-].[Cl-].[Cl-].[Cl-].[Cl-].[Cl-].[Cl-].[Rh+3].[Ta+5]. The van der Waals surface area contributed by atoms with E-state index in [2.05, 4.69) is 0 Å². The average Bonchev–Trinajstić information content (AvgIpc) is 0. The Bertz CT molecular complexity index is 9.22. The van der Waals surface area contributed by atoms with Crippen molar-refractivity contribution in [2.45, 2.75) is 0 Å². The van der Waals surface area contributed by atoms with Crippen molar-refractivity contribution in [2.75, 3.05) is 0 Å². The molecule has 0 bridgehead atoms. The van der Waals surface area contributed by atoms with E-state index >= 15 is 0 Å². The first kappa shape index (κ1) is 162. The van der Waals surface area contributed by atoms with Crippen LogP contribution in [0.1, 0.15) is 0 Å². The van der Waals surface area contributed by atoms with Crippen molar-refractivity contribution in [3.63, 3.8) is 0 Å². The minimum absolute atomic E-state index is 0. The zero-order chi connectivity index (χ0) is 0. The van der Waals surface area contributed by atoms with E-state index < -0.39 is 0 Å². The topological polar surface area (TPSA) is 0 Å². The standard InChI is InChI=1S/8ClH.Rh.Ta/h8*1H;;/q;;;;;;;;+3;+5/p-8. The molecule has 70 valence electrons. The van der Waals surface area contributed by atoms with Crippen LogP contribution in [-0.2, 0) is 41.9 Å². The number of halogens is 8. The molecule has 0 aliphatic heterocycles. The molecule has 0 aromatic rings. The van der Waals surface area contributed by atoms with Crippen LogP contribution >= 0.6 is 0 Å². The maximum Gasteiger partial charge on any atom is 5.00 e. The Balaban J connectivity index is 0. The van der Waals surface area contributed by atoms with E-state index in [1.807, 2.05) is 0 Å². The van der Waals surface area contributed by atoms with Crippen LogP contribution in [0.25, 0.3) is 0 Å². The maximum absolute atomic E-state index is 0. The summed E-state index contributed by atoms with van der Waals surface area (Å²) in [6, 6.07) is 0. The van der Waals surface area contributed by atoms with Gasteiger partial charge in [-0.1, -0.05) is 0 Å². The summed E-state index contributed by atoms with van der Waals surface area (Å²) in [4.78, 5) is 0. The predicted molar refractivity (Wildman–Crippen MR) is 0 cm³/mol. The molecule has 0 aromatic carbocycles. The first-order valence-corrected chi connectivity index (χ1v) is 0. The predicted octanol–water partition coefficient (Wildman–Crippen LogP) is -24.0. The van der Waals surface area contributed by atoms with Gasteiger partial charge in [-0.15, -0.1) is 0 Å². The zero-order valence-electron chi connectivity index (χ0n) is 3.80. The first-order valence-electron chi connectivity index (χ1n) is 0. The van der Waals surface area contributed by atoms with Crippen molar-refractivity contribution < 1.29 is 141 Å². The fraction of sp³-hybridized carbons (Fsp3) is 0. The molecular weight excluding hydrogens is 567 g/mol. The van der Waals surface area contributed by atoms with Gasteiger partial charge in [0.2, 0.25) is 0 Å². The number of hydrogen-bond donors (Lipinski definition) is 0. The maximum atomic E-state index is 0. The van der Waals surface area contributed by atoms with Gasteiger partial charge in [-0.05, 0) is 0 Å². The second kappa shape index (κ2) is 128. The molecule has 0 N–H and O–H groups in total. The summed E-state index contributed by atoms with van der Waals surface area (Å²) in [6.07, 6.45) is 0. The van der Waals surface area contributed by atoms with Gasteiger partial charge >= 0.3 is 41.9 Å². The van der Waals surface area contributed by atoms with Gasteiger partial charge in [0.1, 0.15) is 0 Å². The van der Waals surface area contributed by atoms with Gasteiger partial charge in [0.05, 0.1) is 0 Å². The molecule has 0 radical (unpaired) electrons. The third-order valence-corrected chi connectivity index (χ3v) is 0. The summed E-state index contributed by atoms with van der Waals surface area (Å²) in [5.74, 6) is 0. The van der Waals surface area contributed by atoms with Gasteiger partial charge in [-0.3, -0.25) is 0 Å². The van der Waals surface area contributed by atoms with Gasteiger partial charge in [-0.25, -0.2) is 0 Å². The third-order valence-electron chi connectivity index (χ3n) is 0. The largest absolute Gasteiger partial charge is 5.00 e. The van der Waals surface area contributed by atoms with Crippen LogP contribution in [0.3, 0.4) is 0 Å². The van der Waals surface area contributed by atoms with E-state index in [0.717, 1.165) is 0 Å². The molecule has 0 atom stereocenters. The van der Waals surface area contributed by atoms with Crippen molar-refractivity contribution in [1.29, 1.82) is 0 Å². The Morgan fingerprint density at radius 1 is 0.300 bits per heavy atom. The summed E-state index contributed by atoms with van der Waals surface area (Å²) >= 11 is 0. The summed E-state index contributed by atoms with van der Waals surface area (Å²) in [7, 11) is 0. The Morgan fingerprint density at radius 3 is 0.300 bits per heavy atom. The molecule has 0 saturated heterocycles. The van der Waals surface area contributed by atoms with E-state index in [0.29, 0.717) is 0 Å². The molecule has 0 unspecified atom stereocenters. The van der Waals surface area contributed by atoms with Crippen LogP contribution in [0, 0.1) is 0 Å².